The predicted octanol–water partition coefficient (Wildman–Crippen LogP) is 4.01. The van der Waals surface area contributed by atoms with E-state index in [1.807, 2.05) is 0 Å². The predicted molar refractivity (Wildman–Crippen MR) is 75.0 cm³/mol. The number of ether oxygens (including phenoxy) is 1. The summed E-state index contributed by atoms with van der Waals surface area (Å²) in [6.07, 6.45) is 0. The SMILES string of the molecule is Cc1ccc(C(N)COc2cccc(Cl)c2)c(F)c1F. The summed E-state index contributed by atoms with van der Waals surface area (Å²) in [5, 5.41) is 0.531. The summed E-state index contributed by atoms with van der Waals surface area (Å²) in [5.74, 6) is -1.27. The molecule has 106 valence electrons. The quantitative estimate of drug-likeness (QED) is 0.925. The zero-order valence-corrected chi connectivity index (χ0v) is 11.6. The molecule has 1 atom stereocenters. The number of benzene rings is 2. The minimum atomic E-state index is -0.924. The molecule has 20 heavy (non-hydrogen) atoms. The van der Waals surface area contributed by atoms with Crippen LogP contribution in [-0.2, 0) is 0 Å². The van der Waals surface area contributed by atoms with Gasteiger partial charge in [0.2, 0.25) is 0 Å². The summed E-state index contributed by atoms with van der Waals surface area (Å²) in [5.41, 5.74) is 6.17. The third-order valence-corrected chi connectivity index (χ3v) is 3.17. The first-order valence-corrected chi connectivity index (χ1v) is 6.45. The molecule has 0 amide bonds. The highest BCUT2D eigenvalue weighted by Crippen LogP contribution is 2.22. The van der Waals surface area contributed by atoms with Crippen LogP contribution in [0.3, 0.4) is 0 Å². The van der Waals surface area contributed by atoms with Crippen molar-refractivity contribution in [2.24, 2.45) is 5.73 Å². The van der Waals surface area contributed by atoms with Crippen LogP contribution >= 0.6 is 11.6 Å². The lowest BCUT2D eigenvalue weighted by Crippen LogP contribution is -2.21. The fraction of sp³-hybridized carbons (Fsp3) is 0.200. The summed E-state index contributed by atoms with van der Waals surface area (Å²) < 4.78 is 32.7. The standard InChI is InChI=1S/C15H14ClF2NO/c1-9-5-6-12(15(18)14(9)17)13(19)8-20-11-4-2-3-10(16)7-11/h2-7,13H,8,19H2,1H3. The second-order valence-corrected chi connectivity index (χ2v) is 4.91. The zero-order valence-electron chi connectivity index (χ0n) is 10.9. The monoisotopic (exact) mass is 297 g/mol. The van der Waals surface area contributed by atoms with Crippen molar-refractivity contribution in [3.63, 3.8) is 0 Å². The lowest BCUT2D eigenvalue weighted by molar-refractivity contribution is 0.286. The highest BCUT2D eigenvalue weighted by atomic mass is 35.5. The largest absolute Gasteiger partial charge is 0.492 e. The maximum absolute atomic E-state index is 13.8. The van der Waals surface area contributed by atoms with Gasteiger partial charge in [0, 0.05) is 10.6 Å². The Kier molecular flexibility index (Phi) is 4.57. The molecule has 0 saturated heterocycles. The molecule has 0 heterocycles. The van der Waals surface area contributed by atoms with Crippen molar-refractivity contribution in [3.8, 4) is 5.75 Å². The van der Waals surface area contributed by atoms with Crippen molar-refractivity contribution >= 4 is 11.6 Å². The van der Waals surface area contributed by atoms with Crippen molar-refractivity contribution in [1.29, 1.82) is 0 Å². The number of halogens is 3. The molecule has 0 fully saturated rings. The van der Waals surface area contributed by atoms with Crippen LogP contribution < -0.4 is 10.5 Å². The van der Waals surface area contributed by atoms with Crippen molar-refractivity contribution < 1.29 is 13.5 Å². The lowest BCUT2D eigenvalue weighted by Gasteiger charge is -2.15. The smallest absolute Gasteiger partial charge is 0.163 e. The maximum atomic E-state index is 13.8. The van der Waals surface area contributed by atoms with E-state index in [4.69, 9.17) is 22.1 Å². The maximum Gasteiger partial charge on any atom is 0.163 e. The Labute approximate surface area is 121 Å². The molecule has 0 spiro atoms. The molecule has 0 radical (unpaired) electrons. The van der Waals surface area contributed by atoms with Gasteiger partial charge >= 0.3 is 0 Å². The molecule has 1 unspecified atom stereocenters. The molecular weight excluding hydrogens is 284 g/mol. The Morgan fingerprint density at radius 3 is 2.65 bits per heavy atom. The van der Waals surface area contributed by atoms with Gasteiger partial charge in [-0.3, -0.25) is 0 Å². The molecule has 5 heteroatoms. The van der Waals surface area contributed by atoms with Gasteiger partial charge in [-0.1, -0.05) is 29.8 Å². The normalized spacial score (nSPS) is 12.2. The Balaban J connectivity index is 2.09. The van der Waals surface area contributed by atoms with Gasteiger partial charge in [-0.25, -0.2) is 8.78 Å². The molecule has 2 nitrogen and oxygen atoms in total. The first-order valence-electron chi connectivity index (χ1n) is 6.07. The third kappa shape index (κ3) is 3.26. The molecule has 2 aromatic carbocycles. The van der Waals surface area contributed by atoms with Crippen LogP contribution in [0.2, 0.25) is 5.02 Å². The van der Waals surface area contributed by atoms with E-state index in [9.17, 15) is 8.78 Å². The van der Waals surface area contributed by atoms with Crippen LogP contribution in [0.25, 0.3) is 0 Å². The van der Waals surface area contributed by atoms with Gasteiger partial charge < -0.3 is 10.5 Å². The Morgan fingerprint density at radius 2 is 1.95 bits per heavy atom. The number of hydrogen-bond donors (Lipinski definition) is 1. The molecule has 0 saturated carbocycles. The van der Waals surface area contributed by atoms with Gasteiger partial charge in [-0.05, 0) is 30.7 Å². The van der Waals surface area contributed by atoms with Crippen LogP contribution in [0, 0.1) is 18.6 Å². The van der Waals surface area contributed by atoms with Gasteiger partial charge in [0.1, 0.15) is 12.4 Å². The van der Waals surface area contributed by atoms with Gasteiger partial charge in [-0.15, -0.1) is 0 Å². The van der Waals surface area contributed by atoms with E-state index < -0.39 is 17.7 Å². The molecule has 2 aromatic rings. The van der Waals surface area contributed by atoms with E-state index in [0.29, 0.717) is 10.8 Å². The Hall–Kier alpha value is -1.65. The minimum Gasteiger partial charge on any atom is -0.492 e. The van der Waals surface area contributed by atoms with Crippen LogP contribution in [-0.4, -0.2) is 6.61 Å². The van der Waals surface area contributed by atoms with Crippen molar-refractivity contribution in [1.82, 2.24) is 0 Å². The van der Waals surface area contributed by atoms with Crippen LogP contribution in [0.15, 0.2) is 36.4 Å². The van der Waals surface area contributed by atoms with E-state index in [0.717, 1.165) is 0 Å². The van der Waals surface area contributed by atoms with E-state index >= 15 is 0 Å². The Morgan fingerprint density at radius 1 is 1.20 bits per heavy atom. The number of rotatable bonds is 4. The fourth-order valence-electron chi connectivity index (χ4n) is 1.78. The van der Waals surface area contributed by atoms with Crippen LogP contribution in [0.5, 0.6) is 5.75 Å². The van der Waals surface area contributed by atoms with E-state index in [-0.39, 0.29) is 17.7 Å². The van der Waals surface area contributed by atoms with Gasteiger partial charge in [-0.2, -0.15) is 0 Å². The summed E-state index contributed by atoms with van der Waals surface area (Å²) in [6, 6.07) is 8.99. The summed E-state index contributed by atoms with van der Waals surface area (Å²) in [4.78, 5) is 0. The first kappa shape index (κ1) is 14.8. The summed E-state index contributed by atoms with van der Waals surface area (Å²) in [6.45, 7) is 1.52. The van der Waals surface area contributed by atoms with Crippen molar-refractivity contribution in [2.75, 3.05) is 6.61 Å². The van der Waals surface area contributed by atoms with Crippen LogP contribution in [0.4, 0.5) is 8.78 Å². The third-order valence-electron chi connectivity index (χ3n) is 2.93. The number of hydrogen-bond acceptors (Lipinski definition) is 2. The highest BCUT2D eigenvalue weighted by molar-refractivity contribution is 6.30. The van der Waals surface area contributed by atoms with Gasteiger partial charge in [0.15, 0.2) is 11.6 Å². The number of nitrogens with two attached hydrogens (primary N) is 1. The molecule has 2 rings (SSSR count). The topological polar surface area (TPSA) is 35.2 Å². The lowest BCUT2D eigenvalue weighted by atomic mass is 10.1. The first-order chi connectivity index (χ1) is 9.49. The van der Waals surface area contributed by atoms with Gasteiger partial charge in [0.05, 0.1) is 6.04 Å². The average Bonchev–Trinajstić information content (AvgIpc) is 2.42. The molecule has 2 N–H and O–H groups in total. The highest BCUT2D eigenvalue weighted by Gasteiger charge is 2.17. The second kappa shape index (κ2) is 6.20. The van der Waals surface area contributed by atoms with Crippen molar-refractivity contribution in [3.05, 3.63) is 64.2 Å². The molecule has 0 bridgehead atoms. The summed E-state index contributed by atoms with van der Waals surface area (Å²) >= 11 is 5.82. The zero-order chi connectivity index (χ0) is 14.7. The van der Waals surface area contributed by atoms with Crippen molar-refractivity contribution in [2.45, 2.75) is 13.0 Å². The minimum absolute atomic E-state index is 0.0275. The fourth-order valence-corrected chi connectivity index (χ4v) is 1.96. The van der Waals surface area contributed by atoms with E-state index in [1.54, 1.807) is 24.3 Å². The molecule has 0 aliphatic rings. The molecule has 0 aliphatic heterocycles. The van der Waals surface area contributed by atoms with Crippen LogP contribution in [0.1, 0.15) is 17.2 Å². The van der Waals surface area contributed by atoms with E-state index in [1.165, 1.54) is 19.1 Å². The summed E-state index contributed by atoms with van der Waals surface area (Å²) in [7, 11) is 0. The molecule has 0 aromatic heterocycles. The van der Waals surface area contributed by atoms with Gasteiger partial charge in [0.25, 0.3) is 0 Å². The second-order valence-electron chi connectivity index (χ2n) is 4.47. The number of aryl methyl sites for hydroxylation is 1. The average molecular weight is 298 g/mol. The Bertz CT molecular complexity index is 619. The molecule has 0 aliphatic carbocycles. The molecular formula is C15H14ClF2NO. The van der Waals surface area contributed by atoms with E-state index in [2.05, 4.69) is 0 Å².